The molecule has 0 bridgehead atoms. The summed E-state index contributed by atoms with van der Waals surface area (Å²) in [7, 11) is 0. The number of rotatable bonds is 2. The molecule has 1 aliphatic rings. The number of amides is 2. The molecule has 2 aromatic rings. The molecule has 1 fully saturated rings. The van der Waals surface area contributed by atoms with Crippen molar-refractivity contribution < 1.29 is 9.59 Å². The Morgan fingerprint density at radius 2 is 1.48 bits per heavy atom. The standard InChI is InChI=1S/C19H19N3O2S/c1-10-5-11(2)7-15(6-10)22-12(3)8-14(13(22)4)9-16-17(23)20-19(25)21-18(16)24/h5-9H,1-4H3,(H2,20,21,23,24,25). The molecule has 0 atom stereocenters. The van der Waals surface area contributed by atoms with Gasteiger partial charge in [0.25, 0.3) is 11.8 Å². The van der Waals surface area contributed by atoms with E-state index in [-0.39, 0.29) is 10.7 Å². The Morgan fingerprint density at radius 1 is 0.920 bits per heavy atom. The minimum atomic E-state index is -0.482. The highest BCUT2D eigenvalue weighted by atomic mass is 32.1. The molecule has 2 N–H and O–H groups in total. The number of aryl methyl sites for hydroxylation is 3. The molecule has 0 unspecified atom stereocenters. The van der Waals surface area contributed by atoms with Crippen molar-refractivity contribution in [1.82, 2.24) is 15.2 Å². The van der Waals surface area contributed by atoms with Crippen LogP contribution in [-0.2, 0) is 9.59 Å². The maximum absolute atomic E-state index is 12.0. The molecule has 0 spiro atoms. The zero-order valence-electron chi connectivity index (χ0n) is 14.6. The second-order valence-corrected chi connectivity index (χ2v) is 6.71. The third-order valence-electron chi connectivity index (χ3n) is 4.18. The average molecular weight is 353 g/mol. The van der Waals surface area contributed by atoms with Crippen LogP contribution in [0.2, 0.25) is 0 Å². The molecule has 0 radical (unpaired) electrons. The van der Waals surface area contributed by atoms with Crippen molar-refractivity contribution in [2.75, 3.05) is 0 Å². The van der Waals surface area contributed by atoms with Crippen LogP contribution in [-0.4, -0.2) is 21.5 Å². The number of hydrogen-bond acceptors (Lipinski definition) is 3. The molecule has 128 valence electrons. The first-order valence-corrected chi connectivity index (χ1v) is 8.33. The average Bonchev–Trinajstić information content (AvgIpc) is 2.76. The maximum atomic E-state index is 12.0. The lowest BCUT2D eigenvalue weighted by Gasteiger charge is -2.16. The largest absolute Gasteiger partial charge is 0.318 e. The van der Waals surface area contributed by atoms with Crippen molar-refractivity contribution in [3.8, 4) is 5.69 Å². The maximum Gasteiger partial charge on any atom is 0.263 e. The quantitative estimate of drug-likeness (QED) is 0.496. The van der Waals surface area contributed by atoms with Crippen LogP contribution in [0.3, 0.4) is 0 Å². The minimum absolute atomic E-state index is 0.0351. The van der Waals surface area contributed by atoms with E-state index in [0.29, 0.717) is 0 Å². The number of benzene rings is 1. The second-order valence-electron chi connectivity index (χ2n) is 6.30. The number of carbonyl (C=O) groups is 2. The van der Waals surface area contributed by atoms with Crippen LogP contribution < -0.4 is 10.6 Å². The van der Waals surface area contributed by atoms with E-state index in [0.717, 1.165) is 22.6 Å². The summed E-state index contributed by atoms with van der Waals surface area (Å²) in [6, 6.07) is 8.32. The first-order chi connectivity index (χ1) is 11.8. The Morgan fingerprint density at radius 3 is 2.04 bits per heavy atom. The first kappa shape index (κ1) is 17.1. The topological polar surface area (TPSA) is 63.1 Å². The smallest absolute Gasteiger partial charge is 0.263 e. The number of hydrogen-bond donors (Lipinski definition) is 2. The van der Waals surface area contributed by atoms with Gasteiger partial charge in [0.2, 0.25) is 0 Å². The van der Waals surface area contributed by atoms with Gasteiger partial charge in [-0.3, -0.25) is 20.2 Å². The SMILES string of the molecule is Cc1cc(C)cc(-n2c(C)cc(C=C3C(=O)NC(=S)NC3=O)c2C)c1. The fourth-order valence-corrected chi connectivity index (χ4v) is 3.36. The van der Waals surface area contributed by atoms with E-state index < -0.39 is 11.8 Å². The van der Waals surface area contributed by atoms with Gasteiger partial charge in [-0.05, 0) is 80.9 Å². The monoisotopic (exact) mass is 353 g/mol. The molecule has 0 saturated carbocycles. The van der Waals surface area contributed by atoms with Crippen molar-refractivity contribution in [3.05, 3.63) is 57.9 Å². The molecule has 2 heterocycles. The number of aromatic nitrogens is 1. The van der Waals surface area contributed by atoms with Crippen molar-refractivity contribution in [3.63, 3.8) is 0 Å². The highest BCUT2D eigenvalue weighted by Crippen LogP contribution is 2.24. The van der Waals surface area contributed by atoms with Crippen LogP contribution in [0.5, 0.6) is 0 Å². The lowest BCUT2D eigenvalue weighted by atomic mass is 10.1. The second kappa shape index (κ2) is 6.29. The molecule has 0 aliphatic carbocycles. The van der Waals surface area contributed by atoms with Crippen molar-refractivity contribution in [2.24, 2.45) is 0 Å². The van der Waals surface area contributed by atoms with E-state index in [4.69, 9.17) is 12.2 Å². The summed E-state index contributed by atoms with van der Waals surface area (Å²) >= 11 is 4.82. The van der Waals surface area contributed by atoms with Crippen molar-refractivity contribution in [1.29, 1.82) is 0 Å². The van der Waals surface area contributed by atoms with E-state index in [9.17, 15) is 9.59 Å². The van der Waals surface area contributed by atoms with Crippen LogP contribution in [0.15, 0.2) is 29.8 Å². The van der Waals surface area contributed by atoms with Crippen LogP contribution >= 0.6 is 12.2 Å². The van der Waals surface area contributed by atoms with Gasteiger partial charge < -0.3 is 4.57 Å². The van der Waals surface area contributed by atoms with Crippen molar-refractivity contribution in [2.45, 2.75) is 27.7 Å². The minimum Gasteiger partial charge on any atom is -0.318 e. The molecule has 1 aromatic heterocycles. The summed E-state index contributed by atoms with van der Waals surface area (Å²) in [5.74, 6) is -0.963. The number of carbonyl (C=O) groups excluding carboxylic acids is 2. The van der Waals surface area contributed by atoms with Gasteiger partial charge in [-0.2, -0.15) is 0 Å². The third-order valence-corrected chi connectivity index (χ3v) is 4.38. The number of nitrogens with one attached hydrogen (secondary N) is 2. The zero-order valence-corrected chi connectivity index (χ0v) is 15.4. The summed E-state index contributed by atoms with van der Waals surface area (Å²) in [5, 5.41) is 4.94. The summed E-state index contributed by atoms with van der Waals surface area (Å²) in [5.41, 5.74) is 6.30. The Bertz CT molecular complexity index is 912. The van der Waals surface area contributed by atoms with Gasteiger partial charge in [0, 0.05) is 17.1 Å². The summed E-state index contributed by atoms with van der Waals surface area (Å²) < 4.78 is 2.12. The molecule has 3 rings (SSSR count). The Hall–Kier alpha value is -2.73. The summed E-state index contributed by atoms with van der Waals surface area (Å²) in [6.45, 7) is 8.10. The highest BCUT2D eigenvalue weighted by molar-refractivity contribution is 7.80. The van der Waals surface area contributed by atoms with Crippen LogP contribution in [0.25, 0.3) is 11.8 Å². The molecule has 1 aromatic carbocycles. The number of nitrogens with zero attached hydrogens (tertiary/aromatic N) is 1. The Kier molecular flexibility index (Phi) is 4.30. The third kappa shape index (κ3) is 3.25. The van der Waals surface area contributed by atoms with Gasteiger partial charge in [-0.15, -0.1) is 0 Å². The normalized spacial score (nSPS) is 14.4. The van der Waals surface area contributed by atoms with Crippen LogP contribution in [0.1, 0.15) is 28.1 Å². The first-order valence-electron chi connectivity index (χ1n) is 7.92. The summed E-state index contributed by atoms with van der Waals surface area (Å²) in [4.78, 5) is 24.1. The van der Waals surface area contributed by atoms with E-state index >= 15 is 0 Å². The molecule has 5 nitrogen and oxygen atoms in total. The van der Waals surface area contributed by atoms with Crippen LogP contribution in [0.4, 0.5) is 0 Å². The van der Waals surface area contributed by atoms with Gasteiger partial charge in [-0.25, -0.2) is 0 Å². The lowest BCUT2D eigenvalue weighted by Crippen LogP contribution is -2.51. The predicted molar refractivity (Wildman–Crippen MR) is 102 cm³/mol. The Balaban J connectivity index is 2.09. The predicted octanol–water partition coefficient (Wildman–Crippen LogP) is 2.63. The van der Waals surface area contributed by atoms with Crippen LogP contribution in [0, 0.1) is 27.7 Å². The van der Waals surface area contributed by atoms with Gasteiger partial charge in [-0.1, -0.05) is 6.07 Å². The molecule has 25 heavy (non-hydrogen) atoms. The van der Waals surface area contributed by atoms with E-state index in [1.165, 1.54) is 11.1 Å². The van der Waals surface area contributed by atoms with E-state index in [1.807, 2.05) is 19.9 Å². The van der Waals surface area contributed by atoms with Gasteiger partial charge in [0.05, 0.1) is 0 Å². The highest BCUT2D eigenvalue weighted by Gasteiger charge is 2.26. The number of thiocarbonyl (C=S) groups is 1. The van der Waals surface area contributed by atoms with Gasteiger partial charge in [0.15, 0.2) is 5.11 Å². The molecule has 1 saturated heterocycles. The van der Waals surface area contributed by atoms with Crippen molar-refractivity contribution >= 4 is 35.2 Å². The molecular formula is C19H19N3O2S. The van der Waals surface area contributed by atoms with E-state index in [2.05, 4.69) is 47.2 Å². The zero-order chi connectivity index (χ0) is 18.3. The molecular weight excluding hydrogens is 334 g/mol. The lowest BCUT2D eigenvalue weighted by molar-refractivity contribution is -0.123. The van der Waals surface area contributed by atoms with E-state index in [1.54, 1.807) is 6.08 Å². The molecule has 2 amide bonds. The Labute approximate surface area is 151 Å². The summed E-state index contributed by atoms with van der Waals surface area (Å²) in [6.07, 6.45) is 1.61. The fraction of sp³-hybridized carbons (Fsp3) is 0.211. The van der Waals surface area contributed by atoms with Gasteiger partial charge in [0.1, 0.15) is 5.57 Å². The van der Waals surface area contributed by atoms with Gasteiger partial charge >= 0.3 is 0 Å². The molecule has 6 heteroatoms. The molecule has 1 aliphatic heterocycles. The fourth-order valence-electron chi connectivity index (χ4n) is 3.17.